The highest BCUT2D eigenvalue weighted by atomic mass is 16.5. The van der Waals surface area contributed by atoms with Crippen LogP contribution in [0.4, 0.5) is 17.3 Å². The molecule has 0 amide bonds. The van der Waals surface area contributed by atoms with Crippen molar-refractivity contribution >= 4 is 28.2 Å². The summed E-state index contributed by atoms with van der Waals surface area (Å²) in [6, 6.07) is 10.4. The number of hydrogen-bond donors (Lipinski definition) is 1. The third kappa shape index (κ3) is 3.85. The maximum Gasteiger partial charge on any atom is 0.227 e. The van der Waals surface area contributed by atoms with E-state index < -0.39 is 0 Å². The van der Waals surface area contributed by atoms with Crippen molar-refractivity contribution in [2.45, 2.75) is 6.92 Å². The third-order valence-electron chi connectivity index (χ3n) is 5.73. The first-order valence-electron chi connectivity index (χ1n) is 10.7. The highest BCUT2D eigenvalue weighted by Crippen LogP contribution is 2.38. The lowest BCUT2D eigenvalue weighted by molar-refractivity contribution is 0.122. The van der Waals surface area contributed by atoms with Gasteiger partial charge in [-0.25, -0.2) is 9.97 Å². The largest absolute Gasteiger partial charge is 0.494 e. The lowest BCUT2D eigenvalue weighted by Crippen LogP contribution is -2.36. The lowest BCUT2D eigenvalue weighted by Gasteiger charge is -2.29. The number of nitrogens with one attached hydrogen (secondary N) is 1. The minimum Gasteiger partial charge on any atom is -0.494 e. The zero-order chi connectivity index (χ0) is 22.1. The van der Waals surface area contributed by atoms with E-state index >= 15 is 0 Å². The van der Waals surface area contributed by atoms with E-state index in [1.807, 2.05) is 37.8 Å². The molecule has 1 aliphatic rings. The molecule has 2 aromatic heterocycles. The van der Waals surface area contributed by atoms with Gasteiger partial charge in [0.05, 0.1) is 26.5 Å². The molecule has 2 aromatic carbocycles. The second-order valence-corrected chi connectivity index (χ2v) is 7.91. The smallest absolute Gasteiger partial charge is 0.227 e. The zero-order valence-electron chi connectivity index (χ0n) is 18.5. The number of fused-ring (bicyclic) bond motifs is 1. The molecule has 8 heteroatoms. The molecule has 1 N–H and O–H groups in total. The molecule has 1 saturated heterocycles. The van der Waals surface area contributed by atoms with Gasteiger partial charge in [0.2, 0.25) is 5.95 Å². The molecule has 164 valence electrons. The fourth-order valence-electron chi connectivity index (χ4n) is 4.10. The lowest BCUT2D eigenvalue weighted by atomic mass is 10.0. The first-order chi connectivity index (χ1) is 15.6. The van der Waals surface area contributed by atoms with E-state index in [-0.39, 0.29) is 0 Å². The average molecular weight is 431 g/mol. The van der Waals surface area contributed by atoms with Crippen LogP contribution in [-0.2, 0) is 11.8 Å². The van der Waals surface area contributed by atoms with Crippen LogP contribution in [0.15, 0.2) is 48.9 Å². The summed E-state index contributed by atoms with van der Waals surface area (Å²) in [5.41, 5.74) is 5.90. The topological polar surface area (TPSA) is 77.3 Å². The first kappa shape index (κ1) is 20.3. The number of benzene rings is 2. The van der Waals surface area contributed by atoms with Gasteiger partial charge in [-0.3, -0.25) is 4.68 Å². The van der Waals surface area contributed by atoms with Gasteiger partial charge < -0.3 is 19.7 Å². The number of methoxy groups -OCH3 is 1. The Hall–Kier alpha value is -3.65. The van der Waals surface area contributed by atoms with Crippen LogP contribution >= 0.6 is 0 Å². The molecule has 1 fully saturated rings. The molecule has 1 aliphatic heterocycles. The molecule has 0 saturated carbocycles. The second-order valence-electron chi connectivity index (χ2n) is 7.91. The number of ether oxygens (including phenoxy) is 2. The Morgan fingerprint density at radius 3 is 2.72 bits per heavy atom. The number of hydrogen-bond acceptors (Lipinski definition) is 7. The molecule has 0 spiro atoms. The fourth-order valence-corrected chi connectivity index (χ4v) is 4.10. The predicted octanol–water partition coefficient (Wildman–Crippen LogP) is 3.93. The van der Waals surface area contributed by atoms with Crippen LogP contribution < -0.4 is 15.0 Å². The fraction of sp³-hybridized carbons (Fsp3) is 0.292. The Bertz CT molecular complexity index is 1260. The van der Waals surface area contributed by atoms with Crippen molar-refractivity contribution in [2.24, 2.45) is 7.05 Å². The van der Waals surface area contributed by atoms with Crippen molar-refractivity contribution < 1.29 is 9.47 Å². The third-order valence-corrected chi connectivity index (χ3v) is 5.73. The molecule has 32 heavy (non-hydrogen) atoms. The Balaban J connectivity index is 1.52. The van der Waals surface area contributed by atoms with Gasteiger partial charge in [-0.05, 0) is 36.8 Å². The Morgan fingerprint density at radius 1 is 1.12 bits per heavy atom. The summed E-state index contributed by atoms with van der Waals surface area (Å²) in [7, 11) is 3.57. The Labute approximate surface area is 186 Å². The van der Waals surface area contributed by atoms with Crippen LogP contribution in [-0.4, -0.2) is 53.2 Å². The van der Waals surface area contributed by atoms with Gasteiger partial charge in [0, 0.05) is 60.4 Å². The maximum absolute atomic E-state index is 5.81. The van der Waals surface area contributed by atoms with Crippen LogP contribution in [0.3, 0.4) is 0 Å². The summed E-state index contributed by atoms with van der Waals surface area (Å²) in [6.07, 6.45) is 5.66. The van der Waals surface area contributed by atoms with Crippen molar-refractivity contribution in [3.8, 4) is 16.9 Å². The van der Waals surface area contributed by atoms with Gasteiger partial charge in [-0.1, -0.05) is 6.07 Å². The van der Waals surface area contributed by atoms with Crippen molar-refractivity contribution in [3.63, 3.8) is 0 Å². The van der Waals surface area contributed by atoms with Crippen LogP contribution in [0.5, 0.6) is 5.75 Å². The van der Waals surface area contributed by atoms with E-state index in [9.17, 15) is 0 Å². The number of nitrogens with zero attached hydrogens (tertiary/aromatic N) is 5. The number of aromatic nitrogens is 4. The van der Waals surface area contributed by atoms with E-state index in [0.717, 1.165) is 65.3 Å². The van der Waals surface area contributed by atoms with E-state index in [2.05, 4.69) is 45.4 Å². The summed E-state index contributed by atoms with van der Waals surface area (Å²) in [6.45, 7) is 5.35. The van der Waals surface area contributed by atoms with Crippen LogP contribution in [0.1, 0.15) is 5.56 Å². The number of morpholine rings is 1. The predicted molar refractivity (Wildman–Crippen MR) is 126 cm³/mol. The van der Waals surface area contributed by atoms with Crippen molar-refractivity contribution in [1.82, 2.24) is 19.7 Å². The van der Waals surface area contributed by atoms with Crippen LogP contribution in [0.2, 0.25) is 0 Å². The summed E-state index contributed by atoms with van der Waals surface area (Å²) in [5, 5.41) is 8.62. The maximum atomic E-state index is 5.81. The van der Waals surface area contributed by atoms with Gasteiger partial charge in [0.25, 0.3) is 0 Å². The molecule has 5 rings (SSSR count). The van der Waals surface area contributed by atoms with Gasteiger partial charge in [0.15, 0.2) is 5.75 Å². The van der Waals surface area contributed by atoms with Crippen molar-refractivity contribution in [3.05, 3.63) is 54.5 Å². The number of rotatable bonds is 5. The minimum atomic E-state index is 0.526. The van der Waals surface area contributed by atoms with Crippen LogP contribution in [0.25, 0.3) is 22.0 Å². The molecular weight excluding hydrogens is 404 g/mol. The van der Waals surface area contributed by atoms with Crippen molar-refractivity contribution in [2.75, 3.05) is 43.6 Å². The van der Waals surface area contributed by atoms with Crippen LogP contribution in [0, 0.1) is 6.92 Å². The summed E-state index contributed by atoms with van der Waals surface area (Å²) >= 11 is 0. The monoisotopic (exact) mass is 430 g/mol. The van der Waals surface area contributed by atoms with Crippen molar-refractivity contribution in [1.29, 1.82) is 0 Å². The number of aryl methyl sites for hydroxylation is 2. The van der Waals surface area contributed by atoms with Gasteiger partial charge in [0.1, 0.15) is 5.52 Å². The molecule has 4 aromatic rings. The Morgan fingerprint density at radius 2 is 1.97 bits per heavy atom. The highest BCUT2D eigenvalue weighted by Gasteiger charge is 2.17. The molecule has 0 aliphatic carbocycles. The summed E-state index contributed by atoms with van der Waals surface area (Å²) in [4.78, 5) is 11.7. The molecule has 0 radical (unpaired) electrons. The van der Waals surface area contributed by atoms with Gasteiger partial charge in [-0.2, -0.15) is 5.10 Å². The van der Waals surface area contributed by atoms with Gasteiger partial charge in [-0.15, -0.1) is 0 Å². The molecule has 0 bridgehead atoms. The SMILES string of the molecule is COc1c(-c2cnn(C)c2)cc(C)c2cnc(Nc3cccc(N4CCOCC4)c3)nc12. The number of anilines is 3. The second kappa shape index (κ2) is 8.47. The summed E-state index contributed by atoms with van der Waals surface area (Å²) in [5.74, 6) is 1.24. The molecular formula is C24H26N6O2. The molecule has 3 heterocycles. The van der Waals surface area contributed by atoms with E-state index in [1.165, 1.54) is 0 Å². The molecule has 8 nitrogen and oxygen atoms in total. The highest BCUT2D eigenvalue weighted by molar-refractivity contribution is 5.94. The van der Waals surface area contributed by atoms with E-state index in [4.69, 9.17) is 14.5 Å². The first-order valence-corrected chi connectivity index (χ1v) is 10.7. The quantitative estimate of drug-likeness (QED) is 0.514. The standard InChI is InChI=1S/C24H26N6O2/c1-16-11-20(17-13-26-29(2)15-17)23(31-3)22-21(16)14-25-24(28-22)27-18-5-4-6-19(12-18)30-7-9-32-10-8-30/h4-6,11-15H,7-10H2,1-3H3,(H,25,27,28). The molecule has 0 atom stereocenters. The molecule has 0 unspecified atom stereocenters. The zero-order valence-corrected chi connectivity index (χ0v) is 18.5. The minimum absolute atomic E-state index is 0.526. The van der Waals surface area contributed by atoms with E-state index in [0.29, 0.717) is 11.7 Å². The van der Waals surface area contributed by atoms with E-state index in [1.54, 1.807) is 11.8 Å². The Kier molecular flexibility index (Phi) is 5.36. The normalized spacial score (nSPS) is 14.0. The van der Waals surface area contributed by atoms with Gasteiger partial charge >= 0.3 is 0 Å². The average Bonchev–Trinajstić information content (AvgIpc) is 3.26. The summed E-state index contributed by atoms with van der Waals surface area (Å²) < 4.78 is 13.1.